The van der Waals surface area contributed by atoms with Crippen molar-refractivity contribution < 1.29 is 0 Å². The van der Waals surface area contributed by atoms with Crippen LogP contribution in [0.25, 0.3) is 16.6 Å². The molecule has 0 saturated heterocycles. The van der Waals surface area contributed by atoms with E-state index in [1.807, 2.05) is 24.3 Å². The van der Waals surface area contributed by atoms with E-state index in [0.717, 1.165) is 10.6 Å². The van der Waals surface area contributed by atoms with E-state index in [1.165, 1.54) is 0 Å². The van der Waals surface area contributed by atoms with E-state index in [0.29, 0.717) is 21.7 Å². The molecule has 0 amide bonds. The summed E-state index contributed by atoms with van der Waals surface area (Å²) >= 11 is 10.3. The van der Waals surface area contributed by atoms with Gasteiger partial charge in [0, 0.05) is 4.90 Å². The molecule has 0 spiro atoms. The number of aromatic nitrogens is 2. The average molecular weight is 303 g/mol. The lowest BCUT2D eigenvalue weighted by molar-refractivity contribution is 0.893. The van der Waals surface area contributed by atoms with E-state index in [-0.39, 0.29) is 5.56 Å². The molecule has 3 rings (SSSR count). The first-order chi connectivity index (χ1) is 9.58. The molecule has 1 aromatic heterocycles. The summed E-state index contributed by atoms with van der Waals surface area (Å²) in [6.45, 7) is 1.79. The molecule has 0 unspecified atom stereocenters. The highest BCUT2D eigenvalue weighted by Crippen LogP contribution is 2.20. The van der Waals surface area contributed by atoms with Crippen LogP contribution in [-0.4, -0.2) is 9.55 Å². The molecule has 1 heterocycles. The largest absolute Gasteiger partial charge is 0.268 e. The van der Waals surface area contributed by atoms with Gasteiger partial charge in [-0.25, -0.2) is 4.98 Å². The van der Waals surface area contributed by atoms with Crippen LogP contribution in [0.4, 0.5) is 0 Å². The standard InChI is InChI=1S/C15H11ClN2OS/c1-9-17-14-12(3-2-4-13(14)16)15(19)18(9)10-5-7-11(20)8-6-10/h2-8,20H,1H3. The number of rotatable bonds is 1. The fraction of sp³-hybridized carbons (Fsp3) is 0.0667. The maximum absolute atomic E-state index is 12.6. The van der Waals surface area contributed by atoms with Gasteiger partial charge in [0.15, 0.2) is 0 Å². The second-order valence-electron chi connectivity index (χ2n) is 4.45. The number of thiol groups is 1. The predicted molar refractivity (Wildman–Crippen MR) is 84.3 cm³/mol. The Morgan fingerprint density at radius 1 is 1.15 bits per heavy atom. The summed E-state index contributed by atoms with van der Waals surface area (Å²) in [5.74, 6) is 0.600. The lowest BCUT2D eigenvalue weighted by Crippen LogP contribution is -2.22. The molecular weight excluding hydrogens is 292 g/mol. The lowest BCUT2D eigenvalue weighted by atomic mass is 10.2. The number of fused-ring (bicyclic) bond motifs is 1. The van der Waals surface area contributed by atoms with Gasteiger partial charge in [0.05, 0.1) is 21.6 Å². The predicted octanol–water partition coefficient (Wildman–Crippen LogP) is 3.64. The molecule has 0 radical (unpaired) electrons. The van der Waals surface area contributed by atoms with Crippen LogP contribution >= 0.6 is 24.2 Å². The molecule has 5 heteroatoms. The molecule has 0 bridgehead atoms. The summed E-state index contributed by atoms with van der Waals surface area (Å²) in [6.07, 6.45) is 0. The Morgan fingerprint density at radius 2 is 1.85 bits per heavy atom. The molecule has 20 heavy (non-hydrogen) atoms. The molecular formula is C15H11ClN2OS. The van der Waals surface area contributed by atoms with E-state index in [1.54, 1.807) is 29.7 Å². The Balaban J connectivity index is 2.37. The third kappa shape index (κ3) is 2.11. The number of hydrogen-bond acceptors (Lipinski definition) is 3. The third-order valence-corrected chi connectivity index (χ3v) is 3.73. The minimum absolute atomic E-state index is 0.123. The van der Waals surface area contributed by atoms with Crippen LogP contribution in [-0.2, 0) is 0 Å². The van der Waals surface area contributed by atoms with Gasteiger partial charge in [-0.3, -0.25) is 9.36 Å². The van der Waals surface area contributed by atoms with Gasteiger partial charge in [0.25, 0.3) is 5.56 Å². The Morgan fingerprint density at radius 3 is 2.55 bits per heavy atom. The minimum Gasteiger partial charge on any atom is -0.268 e. The van der Waals surface area contributed by atoms with Crippen molar-refractivity contribution in [2.75, 3.05) is 0 Å². The van der Waals surface area contributed by atoms with Gasteiger partial charge in [0.2, 0.25) is 0 Å². The Labute approximate surface area is 126 Å². The van der Waals surface area contributed by atoms with Gasteiger partial charge in [-0.1, -0.05) is 17.7 Å². The van der Waals surface area contributed by atoms with Crippen molar-refractivity contribution in [3.05, 3.63) is 63.7 Å². The molecule has 0 aliphatic rings. The summed E-state index contributed by atoms with van der Waals surface area (Å²) in [4.78, 5) is 17.9. The molecule has 3 nitrogen and oxygen atoms in total. The number of para-hydroxylation sites is 1. The van der Waals surface area contributed by atoms with Crippen LogP contribution in [0.2, 0.25) is 5.02 Å². The summed E-state index contributed by atoms with van der Waals surface area (Å²) in [6, 6.07) is 12.6. The molecule has 0 aliphatic carbocycles. The van der Waals surface area contributed by atoms with E-state index in [2.05, 4.69) is 17.6 Å². The molecule has 0 saturated carbocycles. The molecule has 0 atom stereocenters. The first kappa shape index (κ1) is 13.2. The van der Waals surface area contributed by atoms with Gasteiger partial charge in [0.1, 0.15) is 5.82 Å². The van der Waals surface area contributed by atoms with Crippen molar-refractivity contribution in [2.45, 2.75) is 11.8 Å². The summed E-state index contributed by atoms with van der Waals surface area (Å²) in [5.41, 5.74) is 1.18. The number of nitrogens with zero attached hydrogens (tertiary/aromatic N) is 2. The quantitative estimate of drug-likeness (QED) is 0.697. The second kappa shape index (κ2) is 4.96. The smallest absolute Gasteiger partial charge is 0.266 e. The van der Waals surface area contributed by atoms with Crippen LogP contribution in [0.5, 0.6) is 0 Å². The maximum atomic E-state index is 12.6. The fourth-order valence-corrected chi connectivity index (χ4v) is 2.55. The first-order valence-corrected chi connectivity index (χ1v) is 6.88. The molecule has 100 valence electrons. The SMILES string of the molecule is Cc1nc2c(Cl)cccc2c(=O)n1-c1ccc(S)cc1. The van der Waals surface area contributed by atoms with Gasteiger partial charge in [-0.15, -0.1) is 12.6 Å². The van der Waals surface area contributed by atoms with Crippen molar-refractivity contribution in [2.24, 2.45) is 0 Å². The Hall–Kier alpha value is -1.78. The highest BCUT2D eigenvalue weighted by molar-refractivity contribution is 7.80. The van der Waals surface area contributed by atoms with Crippen LogP contribution in [0.1, 0.15) is 5.82 Å². The van der Waals surface area contributed by atoms with Gasteiger partial charge >= 0.3 is 0 Å². The summed E-state index contributed by atoms with van der Waals surface area (Å²) in [5, 5.41) is 0.999. The van der Waals surface area contributed by atoms with E-state index in [9.17, 15) is 4.79 Å². The van der Waals surface area contributed by atoms with Gasteiger partial charge < -0.3 is 0 Å². The normalized spacial score (nSPS) is 10.9. The fourth-order valence-electron chi connectivity index (χ4n) is 2.19. The van der Waals surface area contributed by atoms with Crippen LogP contribution in [0, 0.1) is 6.92 Å². The molecule has 0 N–H and O–H groups in total. The molecule has 0 fully saturated rings. The molecule has 0 aliphatic heterocycles. The van der Waals surface area contributed by atoms with Gasteiger partial charge in [-0.05, 0) is 43.3 Å². The van der Waals surface area contributed by atoms with Crippen molar-refractivity contribution >= 4 is 35.1 Å². The Kier molecular flexibility index (Phi) is 3.28. The van der Waals surface area contributed by atoms with E-state index < -0.39 is 0 Å². The molecule has 3 aromatic rings. The average Bonchev–Trinajstić information content (AvgIpc) is 2.42. The number of benzene rings is 2. The maximum Gasteiger partial charge on any atom is 0.266 e. The topological polar surface area (TPSA) is 34.9 Å². The highest BCUT2D eigenvalue weighted by atomic mass is 35.5. The van der Waals surface area contributed by atoms with Crippen LogP contribution < -0.4 is 5.56 Å². The van der Waals surface area contributed by atoms with Crippen molar-refractivity contribution in [1.29, 1.82) is 0 Å². The van der Waals surface area contributed by atoms with Crippen molar-refractivity contribution in [1.82, 2.24) is 9.55 Å². The monoisotopic (exact) mass is 302 g/mol. The Bertz CT molecular complexity index is 856. The number of hydrogen-bond donors (Lipinski definition) is 1. The van der Waals surface area contributed by atoms with Crippen LogP contribution in [0.3, 0.4) is 0 Å². The summed E-state index contributed by atoms with van der Waals surface area (Å²) < 4.78 is 1.58. The number of aryl methyl sites for hydroxylation is 1. The van der Waals surface area contributed by atoms with E-state index in [4.69, 9.17) is 11.6 Å². The van der Waals surface area contributed by atoms with E-state index >= 15 is 0 Å². The highest BCUT2D eigenvalue weighted by Gasteiger charge is 2.11. The zero-order chi connectivity index (χ0) is 14.3. The summed E-state index contributed by atoms with van der Waals surface area (Å²) in [7, 11) is 0. The van der Waals surface area contributed by atoms with Crippen molar-refractivity contribution in [3.63, 3.8) is 0 Å². The zero-order valence-electron chi connectivity index (χ0n) is 10.7. The minimum atomic E-state index is -0.123. The van der Waals surface area contributed by atoms with Crippen molar-refractivity contribution in [3.8, 4) is 5.69 Å². The third-order valence-electron chi connectivity index (χ3n) is 3.13. The molecule has 2 aromatic carbocycles. The van der Waals surface area contributed by atoms with Crippen LogP contribution in [0.15, 0.2) is 52.2 Å². The first-order valence-electron chi connectivity index (χ1n) is 6.05. The van der Waals surface area contributed by atoms with Gasteiger partial charge in [-0.2, -0.15) is 0 Å². The zero-order valence-corrected chi connectivity index (χ0v) is 12.3. The number of halogens is 1. The lowest BCUT2D eigenvalue weighted by Gasteiger charge is -2.11. The second-order valence-corrected chi connectivity index (χ2v) is 5.38.